The van der Waals surface area contributed by atoms with Gasteiger partial charge in [0.1, 0.15) is 18.3 Å². The Morgan fingerprint density at radius 1 is 0.912 bits per heavy atom. The minimum absolute atomic E-state index is 0.0183. The first-order valence-corrected chi connectivity index (χ1v) is 11.5. The number of nitrogens with zero attached hydrogens (tertiary/aromatic N) is 3. The third-order valence-electron chi connectivity index (χ3n) is 6.25. The molecule has 4 aromatic rings. The zero-order valence-corrected chi connectivity index (χ0v) is 19.3. The number of rotatable bonds is 6. The lowest BCUT2D eigenvalue weighted by atomic mass is 10.0. The van der Waals surface area contributed by atoms with Gasteiger partial charge in [-0.05, 0) is 55.8 Å². The number of carbonyl (C=O) groups excluding carboxylic acids is 2. The second kappa shape index (κ2) is 9.06. The van der Waals surface area contributed by atoms with Gasteiger partial charge in [0, 0.05) is 12.2 Å². The lowest BCUT2D eigenvalue weighted by Gasteiger charge is -2.38. The van der Waals surface area contributed by atoms with Gasteiger partial charge in [0.15, 0.2) is 0 Å². The largest absolute Gasteiger partial charge is 0.467 e. The molecule has 0 bridgehead atoms. The number of amides is 2. The van der Waals surface area contributed by atoms with Crippen LogP contribution in [0.2, 0.25) is 0 Å². The molecule has 3 heterocycles. The molecule has 2 aromatic carbocycles. The van der Waals surface area contributed by atoms with Crippen molar-refractivity contribution in [2.45, 2.75) is 32.4 Å². The Morgan fingerprint density at radius 2 is 1.65 bits per heavy atom. The zero-order chi connectivity index (χ0) is 23.7. The third-order valence-corrected chi connectivity index (χ3v) is 6.25. The molecule has 6 heteroatoms. The Bertz CT molecular complexity index is 1290. The summed E-state index contributed by atoms with van der Waals surface area (Å²) in [6.07, 6.45) is 3.87. The molecular weight excluding hydrogens is 426 g/mol. The van der Waals surface area contributed by atoms with E-state index in [1.165, 1.54) is 0 Å². The molecule has 1 aliphatic heterocycles. The first-order valence-electron chi connectivity index (χ1n) is 11.5. The van der Waals surface area contributed by atoms with E-state index in [0.717, 1.165) is 22.6 Å². The lowest BCUT2D eigenvalue weighted by molar-refractivity contribution is -0.136. The molecule has 0 N–H and O–H groups in total. The minimum atomic E-state index is -0.425. The van der Waals surface area contributed by atoms with Crippen LogP contribution in [0.25, 0.3) is 5.69 Å². The monoisotopic (exact) mass is 453 g/mol. The summed E-state index contributed by atoms with van der Waals surface area (Å²) in [4.78, 5) is 30.6. The van der Waals surface area contributed by atoms with Crippen LogP contribution in [0.5, 0.6) is 0 Å². The molecule has 0 radical (unpaired) electrons. The first kappa shape index (κ1) is 21.8. The molecule has 2 amide bonds. The SMILES string of the molecule is CC(C)N(CC(=O)N1c2ccccc2-n2cccc2C1c1ccco1)C(=O)Cc1ccccc1. The van der Waals surface area contributed by atoms with Crippen molar-refractivity contribution < 1.29 is 14.0 Å². The fraction of sp³-hybridized carbons (Fsp3) is 0.214. The summed E-state index contributed by atoms with van der Waals surface area (Å²) in [5, 5.41) is 0. The van der Waals surface area contributed by atoms with E-state index >= 15 is 0 Å². The average molecular weight is 454 g/mol. The van der Waals surface area contributed by atoms with Crippen LogP contribution >= 0.6 is 0 Å². The molecule has 1 atom stereocenters. The van der Waals surface area contributed by atoms with Gasteiger partial charge in [-0.1, -0.05) is 42.5 Å². The number of furan rings is 1. The van der Waals surface area contributed by atoms with Crippen molar-refractivity contribution in [2.24, 2.45) is 0 Å². The van der Waals surface area contributed by atoms with Gasteiger partial charge in [0.25, 0.3) is 0 Å². The Balaban J connectivity index is 1.50. The Hall–Kier alpha value is -4.06. The number of hydrogen-bond donors (Lipinski definition) is 0. The van der Waals surface area contributed by atoms with Crippen molar-refractivity contribution in [1.82, 2.24) is 9.47 Å². The maximum atomic E-state index is 14.0. The van der Waals surface area contributed by atoms with Crippen LogP contribution < -0.4 is 4.90 Å². The zero-order valence-electron chi connectivity index (χ0n) is 19.3. The number of anilines is 1. The van der Waals surface area contributed by atoms with Gasteiger partial charge < -0.3 is 13.9 Å². The number of carbonyl (C=O) groups is 2. The second-order valence-electron chi connectivity index (χ2n) is 8.75. The molecule has 6 nitrogen and oxygen atoms in total. The van der Waals surface area contributed by atoms with Gasteiger partial charge in [0.2, 0.25) is 11.8 Å². The van der Waals surface area contributed by atoms with Crippen molar-refractivity contribution in [3.05, 3.63) is 108 Å². The highest BCUT2D eigenvalue weighted by Gasteiger charge is 2.38. The molecule has 0 spiro atoms. The smallest absolute Gasteiger partial charge is 0.247 e. The van der Waals surface area contributed by atoms with Crippen molar-refractivity contribution in [3.8, 4) is 5.69 Å². The molecule has 0 fully saturated rings. The van der Waals surface area contributed by atoms with Crippen molar-refractivity contribution >= 4 is 17.5 Å². The number of hydrogen-bond acceptors (Lipinski definition) is 3. The van der Waals surface area contributed by atoms with Crippen LogP contribution in [0.3, 0.4) is 0 Å². The lowest BCUT2D eigenvalue weighted by Crippen LogP contribution is -2.49. The first-order chi connectivity index (χ1) is 16.5. The summed E-state index contributed by atoms with van der Waals surface area (Å²) in [6, 6.07) is 24.6. The van der Waals surface area contributed by atoms with Gasteiger partial charge in [-0.2, -0.15) is 0 Å². The van der Waals surface area contributed by atoms with E-state index in [9.17, 15) is 9.59 Å². The number of aromatic nitrogens is 1. The summed E-state index contributed by atoms with van der Waals surface area (Å²) in [7, 11) is 0. The van der Waals surface area contributed by atoms with Crippen LogP contribution in [0, 0.1) is 0 Å². The van der Waals surface area contributed by atoms with E-state index < -0.39 is 6.04 Å². The summed E-state index contributed by atoms with van der Waals surface area (Å²) in [6.45, 7) is 3.86. The van der Waals surface area contributed by atoms with Crippen LogP contribution in [-0.2, 0) is 16.0 Å². The molecule has 1 unspecified atom stereocenters. The van der Waals surface area contributed by atoms with Crippen LogP contribution in [0.4, 0.5) is 5.69 Å². The second-order valence-corrected chi connectivity index (χ2v) is 8.75. The van der Waals surface area contributed by atoms with E-state index in [4.69, 9.17) is 4.42 Å². The minimum Gasteiger partial charge on any atom is -0.467 e. The summed E-state index contributed by atoms with van der Waals surface area (Å²) in [5.41, 5.74) is 3.58. The molecule has 1 aliphatic rings. The highest BCUT2D eigenvalue weighted by atomic mass is 16.3. The quantitative estimate of drug-likeness (QED) is 0.413. The topological polar surface area (TPSA) is 58.7 Å². The third kappa shape index (κ3) is 3.92. The molecule has 172 valence electrons. The van der Waals surface area contributed by atoms with Crippen molar-refractivity contribution in [3.63, 3.8) is 0 Å². The number of fused-ring (bicyclic) bond motifs is 3. The fourth-order valence-electron chi connectivity index (χ4n) is 4.63. The summed E-state index contributed by atoms with van der Waals surface area (Å²) < 4.78 is 7.88. The normalized spacial score (nSPS) is 14.6. The molecule has 2 aromatic heterocycles. The molecule has 0 saturated carbocycles. The van der Waals surface area contributed by atoms with Crippen LogP contribution in [0.15, 0.2) is 95.7 Å². The summed E-state index contributed by atoms with van der Waals surface area (Å²) >= 11 is 0. The Labute approximate surface area is 199 Å². The van der Waals surface area contributed by atoms with E-state index in [1.54, 1.807) is 16.1 Å². The molecule has 34 heavy (non-hydrogen) atoms. The van der Waals surface area contributed by atoms with E-state index in [1.807, 2.05) is 98.9 Å². The maximum Gasteiger partial charge on any atom is 0.247 e. The Morgan fingerprint density at radius 3 is 2.35 bits per heavy atom. The van der Waals surface area contributed by atoms with Crippen molar-refractivity contribution in [1.29, 1.82) is 0 Å². The van der Waals surface area contributed by atoms with E-state index in [-0.39, 0.29) is 30.8 Å². The predicted octanol–water partition coefficient (Wildman–Crippen LogP) is 4.99. The molecular formula is C28H27N3O3. The highest BCUT2D eigenvalue weighted by Crippen LogP contribution is 2.42. The van der Waals surface area contributed by atoms with Crippen LogP contribution in [-0.4, -0.2) is 33.9 Å². The standard InChI is InChI=1S/C28H27N3O3/c1-20(2)30(26(32)18-21-10-4-3-5-11-21)19-27(33)31-23-13-7-6-12-22(23)29-16-8-14-24(29)28(31)25-15-9-17-34-25/h3-17,20,28H,18-19H2,1-2H3. The van der Waals surface area contributed by atoms with E-state index in [0.29, 0.717) is 5.76 Å². The number of para-hydroxylation sites is 2. The van der Waals surface area contributed by atoms with Gasteiger partial charge in [0.05, 0.1) is 29.8 Å². The Kier molecular flexibility index (Phi) is 5.80. The fourth-order valence-corrected chi connectivity index (χ4v) is 4.63. The van der Waals surface area contributed by atoms with Gasteiger partial charge in [-0.15, -0.1) is 0 Å². The average Bonchev–Trinajstić information content (AvgIpc) is 3.54. The van der Waals surface area contributed by atoms with Gasteiger partial charge in [-0.3, -0.25) is 14.5 Å². The van der Waals surface area contributed by atoms with Crippen molar-refractivity contribution in [2.75, 3.05) is 11.4 Å². The number of benzene rings is 2. The molecule has 0 aliphatic carbocycles. The maximum absolute atomic E-state index is 14.0. The molecule has 5 rings (SSSR count). The van der Waals surface area contributed by atoms with E-state index in [2.05, 4.69) is 4.57 Å². The van der Waals surface area contributed by atoms with Crippen LogP contribution in [0.1, 0.15) is 36.9 Å². The van der Waals surface area contributed by atoms with Gasteiger partial charge >= 0.3 is 0 Å². The predicted molar refractivity (Wildman–Crippen MR) is 131 cm³/mol. The highest BCUT2D eigenvalue weighted by molar-refractivity contribution is 6.00. The molecule has 0 saturated heterocycles. The summed E-state index contributed by atoms with van der Waals surface area (Å²) in [5.74, 6) is 0.448. The van der Waals surface area contributed by atoms with Gasteiger partial charge in [-0.25, -0.2) is 0 Å².